The number of hydrogen-bond acceptors (Lipinski definition) is 1. The molecule has 0 saturated carbocycles. The number of nitrogens with one attached hydrogen (secondary N) is 1. The van der Waals surface area contributed by atoms with E-state index in [1.54, 1.807) is 0 Å². The Labute approximate surface area is 108 Å². The molecule has 1 nitrogen and oxygen atoms in total. The summed E-state index contributed by atoms with van der Waals surface area (Å²) in [5, 5.41) is 6.07. The molecule has 90 valence electrons. The number of fused-ring (bicyclic) bond motifs is 1. The molecule has 0 aliphatic carbocycles. The molecule has 2 aromatic carbocycles. The molecule has 0 radical (unpaired) electrons. The summed E-state index contributed by atoms with van der Waals surface area (Å²) in [6, 6.07) is 15.1. The fraction of sp³-hybridized carbons (Fsp3) is 0.176. The zero-order valence-corrected chi connectivity index (χ0v) is 10.6. The summed E-state index contributed by atoms with van der Waals surface area (Å²) in [5.41, 5.74) is 3.95. The van der Waals surface area contributed by atoms with Crippen LogP contribution in [0.5, 0.6) is 0 Å². The third kappa shape index (κ3) is 2.17. The Morgan fingerprint density at radius 1 is 0.944 bits per heavy atom. The van der Waals surface area contributed by atoms with Crippen LogP contribution in [-0.4, -0.2) is 6.54 Å². The van der Waals surface area contributed by atoms with E-state index in [-0.39, 0.29) is 0 Å². The topological polar surface area (TPSA) is 12.0 Å². The highest BCUT2D eigenvalue weighted by Crippen LogP contribution is 2.21. The first kappa shape index (κ1) is 11.1. The maximum atomic E-state index is 3.48. The highest BCUT2D eigenvalue weighted by molar-refractivity contribution is 5.86. The molecule has 2 aromatic rings. The molecule has 1 N–H and O–H groups in total. The van der Waals surface area contributed by atoms with Crippen LogP contribution in [0.3, 0.4) is 0 Å². The van der Waals surface area contributed by atoms with Gasteiger partial charge in [0.2, 0.25) is 0 Å². The lowest BCUT2D eigenvalue weighted by Gasteiger charge is -2.09. The summed E-state index contributed by atoms with van der Waals surface area (Å²) in [4.78, 5) is 0. The first-order valence-electron chi connectivity index (χ1n) is 6.42. The normalized spacial score (nSPS) is 15.6. The molecule has 0 atom stereocenters. The summed E-state index contributed by atoms with van der Waals surface area (Å²) in [5.74, 6) is 0. The van der Waals surface area contributed by atoms with Gasteiger partial charge in [0, 0.05) is 12.2 Å². The predicted molar refractivity (Wildman–Crippen MR) is 78.3 cm³/mol. The molecule has 1 heterocycles. The van der Waals surface area contributed by atoms with Gasteiger partial charge >= 0.3 is 0 Å². The van der Waals surface area contributed by atoms with Crippen LogP contribution in [-0.2, 0) is 0 Å². The first-order chi connectivity index (χ1) is 8.83. The van der Waals surface area contributed by atoms with Crippen molar-refractivity contribution in [3.63, 3.8) is 0 Å². The van der Waals surface area contributed by atoms with Gasteiger partial charge in [-0.15, -0.1) is 0 Å². The Hall–Kier alpha value is -2.02. The minimum Gasteiger partial charge on any atom is -0.381 e. The zero-order chi connectivity index (χ0) is 12.4. The average molecular weight is 235 g/mol. The summed E-state index contributed by atoms with van der Waals surface area (Å²) in [6.45, 7) is 3.10. The monoisotopic (exact) mass is 235 g/mol. The summed E-state index contributed by atoms with van der Waals surface area (Å²) >= 11 is 0. The minimum absolute atomic E-state index is 0.921. The molecule has 0 saturated heterocycles. The van der Waals surface area contributed by atoms with Gasteiger partial charge in [-0.1, -0.05) is 54.1 Å². The van der Waals surface area contributed by atoms with Gasteiger partial charge in [-0.05, 0) is 35.7 Å². The first-order valence-corrected chi connectivity index (χ1v) is 6.42. The van der Waals surface area contributed by atoms with Crippen LogP contribution >= 0.6 is 0 Å². The number of benzene rings is 2. The Bertz CT molecular complexity index is 635. The van der Waals surface area contributed by atoms with Crippen LogP contribution in [0.1, 0.15) is 18.9 Å². The van der Waals surface area contributed by atoms with Crippen LogP contribution in [0.15, 0.2) is 60.2 Å². The second-order valence-electron chi connectivity index (χ2n) is 4.82. The van der Waals surface area contributed by atoms with Gasteiger partial charge < -0.3 is 5.32 Å². The third-order valence-electron chi connectivity index (χ3n) is 3.43. The molecular formula is C17H17N. The average Bonchev–Trinajstić information content (AvgIpc) is 2.63. The largest absolute Gasteiger partial charge is 0.381 e. The number of rotatable bonds is 1. The van der Waals surface area contributed by atoms with Crippen LogP contribution < -0.4 is 5.32 Å². The Kier molecular flexibility index (Phi) is 2.89. The molecule has 1 aliphatic heterocycles. The van der Waals surface area contributed by atoms with Crippen LogP contribution in [0.4, 0.5) is 0 Å². The van der Waals surface area contributed by atoms with Gasteiger partial charge in [0.05, 0.1) is 0 Å². The van der Waals surface area contributed by atoms with Gasteiger partial charge in [0.15, 0.2) is 0 Å². The fourth-order valence-corrected chi connectivity index (χ4v) is 2.33. The maximum Gasteiger partial charge on any atom is 0.0379 e. The van der Waals surface area contributed by atoms with E-state index < -0.39 is 0 Å². The van der Waals surface area contributed by atoms with Crippen LogP contribution in [0, 0.1) is 0 Å². The Balaban J connectivity index is 1.99. The lowest BCUT2D eigenvalue weighted by Crippen LogP contribution is -2.10. The van der Waals surface area contributed by atoms with Crippen molar-refractivity contribution in [2.45, 2.75) is 13.3 Å². The summed E-state index contributed by atoms with van der Waals surface area (Å²) in [7, 11) is 0. The Morgan fingerprint density at radius 2 is 1.78 bits per heavy atom. The van der Waals surface area contributed by atoms with E-state index >= 15 is 0 Å². The molecule has 1 heteroatoms. The molecule has 0 aromatic heterocycles. The minimum atomic E-state index is 0.921. The summed E-state index contributed by atoms with van der Waals surface area (Å²) < 4.78 is 0. The van der Waals surface area contributed by atoms with Crippen molar-refractivity contribution < 1.29 is 0 Å². The lowest BCUT2D eigenvalue weighted by atomic mass is 10.0. The van der Waals surface area contributed by atoms with E-state index in [9.17, 15) is 0 Å². The van der Waals surface area contributed by atoms with Crippen molar-refractivity contribution in [3.8, 4) is 0 Å². The third-order valence-corrected chi connectivity index (χ3v) is 3.43. The lowest BCUT2D eigenvalue weighted by molar-refractivity contribution is 1.01. The number of allylic oxidation sites excluding steroid dienone is 2. The smallest absolute Gasteiger partial charge is 0.0379 e. The van der Waals surface area contributed by atoms with E-state index in [1.807, 2.05) is 0 Å². The Morgan fingerprint density at radius 3 is 2.67 bits per heavy atom. The van der Waals surface area contributed by atoms with E-state index in [1.165, 1.54) is 27.6 Å². The van der Waals surface area contributed by atoms with Crippen LogP contribution in [0.2, 0.25) is 0 Å². The van der Waals surface area contributed by atoms with Crippen molar-refractivity contribution in [1.29, 1.82) is 0 Å². The maximum absolute atomic E-state index is 3.48. The van der Waals surface area contributed by atoms with E-state index in [2.05, 4.69) is 66.9 Å². The fourth-order valence-electron chi connectivity index (χ4n) is 2.33. The van der Waals surface area contributed by atoms with Gasteiger partial charge in [-0.25, -0.2) is 0 Å². The highest BCUT2D eigenvalue weighted by Gasteiger charge is 2.04. The summed E-state index contributed by atoms with van der Waals surface area (Å²) in [6.07, 6.45) is 5.57. The van der Waals surface area contributed by atoms with Crippen molar-refractivity contribution in [2.24, 2.45) is 0 Å². The number of hydrogen-bond donors (Lipinski definition) is 1. The molecule has 0 fully saturated rings. The van der Waals surface area contributed by atoms with Crippen molar-refractivity contribution in [1.82, 2.24) is 5.32 Å². The zero-order valence-electron chi connectivity index (χ0n) is 10.6. The molecule has 0 spiro atoms. The molecule has 0 unspecified atom stereocenters. The van der Waals surface area contributed by atoms with Crippen molar-refractivity contribution >= 4 is 16.5 Å². The van der Waals surface area contributed by atoms with Gasteiger partial charge in [0.1, 0.15) is 0 Å². The van der Waals surface area contributed by atoms with Gasteiger partial charge in [-0.2, -0.15) is 0 Å². The quantitative estimate of drug-likeness (QED) is 0.733. The van der Waals surface area contributed by atoms with Crippen molar-refractivity contribution in [2.75, 3.05) is 6.54 Å². The molecular weight excluding hydrogens is 218 g/mol. The molecule has 0 bridgehead atoms. The second kappa shape index (κ2) is 4.69. The molecule has 3 rings (SSSR count). The SMILES string of the molecule is CC1=CCNC(c2ccc3ccccc3c2)=CC1. The van der Waals surface area contributed by atoms with E-state index in [4.69, 9.17) is 0 Å². The molecule has 18 heavy (non-hydrogen) atoms. The van der Waals surface area contributed by atoms with Crippen LogP contribution in [0.25, 0.3) is 16.5 Å². The molecule has 1 aliphatic rings. The highest BCUT2D eigenvalue weighted by atomic mass is 14.9. The molecule has 0 amide bonds. The predicted octanol–water partition coefficient (Wildman–Crippen LogP) is 4.12. The van der Waals surface area contributed by atoms with Gasteiger partial charge in [0.25, 0.3) is 0 Å². The van der Waals surface area contributed by atoms with Gasteiger partial charge in [-0.3, -0.25) is 0 Å². The second-order valence-corrected chi connectivity index (χ2v) is 4.82. The standard InChI is InChI=1S/C17H17N/c1-13-6-9-17(18-11-10-13)16-8-7-14-4-2-3-5-15(14)12-16/h2-5,7-10,12,18H,6,11H2,1H3. The van der Waals surface area contributed by atoms with Crippen molar-refractivity contribution in [3.05, 3.63) is 65.8 Å². The van der Waals surface area contributed by atoms with E-state index in [0.29, 0.717) is 0 Å². The van der Waals surface area contributed by atoms with E-state index in [0.717, 1.165) is 13.0 Å².